The molecule has 0 aliphatic carbocycles. The van der Waals surface area contributed by atoms with Gasteiger partial charge in [-0.2, -0.15) is 5.26 Å². The van der Waals surface area contributed by atoms with Crippen LogP contribution in [0.15, 0.2) is 30.6 Å². The number of fused-ring (bicyclic) bond motifs is 1. The summed E-state index contributed by atoms with van der Waals surface area (Å²) in [6, 6.07) is 8.37. The fourth-order valence-electron chi connectivity index (χ4n) is 3.43. The Morgan fingerprint density at radius 3 is 3.10 bits per heavy atom. The summed E-state index contributed by atoms with van der Waals surface area (Å²) >= 11 is 0. The summed E-state index contributed by atoms with van der Waals surface area (Å²) in [5.41, 5.74) is 8.65. The van der Waals surface area contributed by atoms with Crippen LogP contribution < -0.4 is 5.73 Å². The number of likely N-dealkylation sites (tertiary alicyclic amines) is 1. The van der Waals surface area contributed by atoms with Crippen molar-refractivity contribution < 1.29 is 0 Å². The smallest absolute Gasteiger partial charge is 0.102 e. The van der Waals surface area contributed by atoms with Gasteiger partial charge in [0.25, 0.3) is 0 Å². The lowest BCUT2D eigenvalue weighted by Crippen LogP contribution is -2.35. The normalized spacial score (nSPS) is 19.7. The zero-order valence-corrected chi connectivity index (χ0v) is 12.3. The van der Waals surface area contributed by atoms with E-state index in [-0.39, 0.29) is 0 Å². The van der Waals surface area contributed by atoms with Crippen molar-refractivity contribution in [1.29, 1.82) is 5.26 Å². The van der Waals surface area contributed by atoms with Crippen molar-refractivity contribution in [2.24, 2.45) is 11.7 Å². The fourth-order valence-corrected chi connectivity index (χ4v) is 3.43. The molecule has 0 amide bonds. The number of rotatable bonds is 4. The van der Waals surface area contributed by atoms with E-state index in [1.54, 1.807) is 0 Å². The summed E-state index contributed by atoms with van der Waals surface area (Å²) in [4.78, 5) is 2.47. The Morgan fingerprint density at radius 2 is 2.29 bits per heavy atom. The van der Waals surface area contributed by atoms with Crippen LogP contribution in [0.5, 0.6) is 0 Å². The Morgan fingerprint density at radius 1 is 1.38 bits per heavy atom. The standard InChI is InChI=1S/C17H22N4/c18-7-6-14-4-3-8-20(11-14)12-15-13-21-9-2-1-5-17(21)16(15)10-19/h1-2,5,9,13-14H,3-4,6-8,11-12,18H2. The van der Waals surface area contributed by atoms with Crippen LogP contribution in [0.4, 0.5) is 0 Å². The number of piperidine rings is 1. The van der Waals surface area contributed by atoms with E-state index >= 15 is 0 Å². The Balaban J connectivity index is 1.80. The first-order chi connectivity index (χ1) is 10.3. The van der Waals surface area contributed by atoms with Crippen molar-refractivity contribution in [2.75, 3.05) is 19.6 Å². The molecule has 3 heterocycles. The molecule has 2 aromatic rings. The molecule has 21 heavy (non-hydrogen) atoms. The van der Waals surface area contributed by atoms with Gasteiger partial charge in [0, 0.05) is 31.0 Å². The SMILES string of the molecule is N#Cc1c(CN2CCCC(CCN)C2)cn2ccccc12. The topological polar surface area (TPSA) is 57.5 Å². The molecule has 4 heteroatoms. The maximum absolute atomic E-state index is 9.47. The van der Waals surface area contributed by atoms with Gasteiger partial charge in [-0.1, -0.05) is 6.07 Å². The minimum Gasteiger partial charge on any atom is -0.330 e. The van der Waals surface area contributed by atoms with Gasteiger partial charge in [0.1, 0.15) is 6.07 Å². The van der Waals surface area contributed by atoms with Crippen molar-refractivity contribution in [1.82, 2.24) is 9.30 Å². The highest BCUT2D eigenvalue weighted by molar-refractivity contribution is 5.65. The lowest BCUT2D eigenvalue weighted by molar-refractivity contribution is 0.163. The van der Waals surface area contributed by atoms with Crippen molar-refractivity contribution >= 4 is 5.52 Å². The second kappa shape index (κ2) is 6.30. The molecular formula is C17H22N4. The average Bonchev–Trinajstić information content (AvgIpc) is 2.85. The summed E-state index contributed by atoms with van der Waals surface area (Å²) in [5, 5.41) is 9.47. The predicted molar refractivity (Wildman–Crippen MR) is 83.8 cm³/mol. The molecule has 1 saturated heterocycles. The van der Waals surface area contributed by atoms with Crippen LogP contribution in [0.25, 0.3) is 5.52 Å². The Bertz CT molecular complexity index is 650. The van der Waals surface area contributed by atoms with Crippen LogP contribution in [0.2, 0.25) is 0 Å². The maximum atomic E-state index is 9.47. The quantitative estimate of drug-likeness (QED) is 0.936. The number of hydrogen-bond donors (Lipinski definition) is 1. The lowest BCUT2D eigenvalue weighted by Gasteiger charge is -2.32. The third-order valence-corrected chi connectivity index (χ3v) is 4.45. The second-order valence-electron chi connectivity index (χ2n) is 5.96. The van der Waals surface area contributed by atoms with Gasteiger partial charge in [-0.15, -0.1) is 0 Å². The van der Waals surface area contributed by atoms with Gasteiger partial charge in [0.05, 0.1) is 11.1 Å². The van der Waals surface area contributed by atoms with Crippen LogP contribution in [0.3, 0.4) is 0 Å². The highest BCUT2D eigenvalue weighted by Gasteiger charge is 2.21. The monoisotopic (exact) mass is 282 g/mol. The summed E-state index contributed by atoms with van der Waals surface area (Å²) in [6.45, 7) is 3.87. The van der Waals surface area contributed by atoms with E-state index in [0.717, 1.165) is 49.2 Å². The van der Waals surface area contributed by atoms with Gasteiger partial charge >= 0.3 is 0 Å². The summed E-state index contributed by atoms with van der Waals surface area (Å²) in [5.74, 6) is 0.714. The first kappa shape index (κ1) is 14.1. The number of nitrogens with two attached hydrogens (primary N) is 1. The number of hydrogen-bond acceptors (Lipinski definition) is 3. The zero-order chi connectivity index (χ0) is 14.7. The van der Waals surface area contributed by atoms with E-state index in [0.29, 0.717) is 5.92 Å². The number of nitrogens with zero attached hydrogens (tertiary/aromatic N) is 3. The molecular weight excluding hydrogens is 260 g/mol. The van der Waals surface area contributed by atoms with Gasteiger partial charge in [0.15, 0.2) is 0 Å². The molecule has 4 nitrogen and oxygen atoms in total. The first-order valence-electron chi connectivity index (χ1n) is 7.73. The van der Waals surface area contributed by atoms with E-state index in [1.807, 2.05) is 24.4 Å². The average molecular weight is 282 g/mol. The lowest BCUT2D eigenvalue weighted by atomic mass is 9.94. The molecule has 0 radical (unpaired) electrons. The van der Waals surface area contributed by atoms with Gasteiger partial charge in [-0.3, -0.25) is 4.90 Å². The molecule has 1 atom stereocenters. The zero-order valence-electron chi connectivity index (χ0n) is 12.3. The molecule has 1 aliphatic rings. The largest absolute Gasteiger partial charge is 0.330 e. The van der Waals surface area contributed by atoms with Crippen LogP contribution in [0, 0.1) is 17.2 Å². The molecule has 1 unspecified atom stereocenters. The van der Waals surface area contributed by atoms with Crippen molar-refractivity contribution in [3.63, 3.8) is 0 Å². The molecule has 3 rings (SSSR count). The maximum Gasteiger partial charge on any atom is 0.102 e. The van der Waals surface area contributed by atoms with Gasteiger partial charge in [-0.25, -0.2) is 0 Å². The fraction of sp³-hybridized carbons (Fsp3) is 0.471. The van der Waals surface area contributed by atoms with Gasteiger partial charge in [0.2, 0.25) is 0 Å². The summed E-state index contributed by atoms with van der Waals surface area (Å²) < 4.78 is 2.05. The Labute approximate surface area is 125 Å². The molecule has 2 N–H and O–H groups in total. The van der Waals surface area contributed by atoms with Gasteiger partial charge < -0.3 is 10.1 Å². The minimum atomic E-state index is 0.714. The third-order valence-electron chi connectivity index (χ3n) is 4.45. The molecule has 0 spiro atoms. The van der Waals surface area contributed by atoms with Crippen LogP contribution in [0.1, 0.15) is 30.4 Å². The molecule has 110 valence electrons. The molecule has 0 saturated carbocycles. The molecule has 1 aliphatic heterocycles. The van der Waals surface area contributed by atoms with E-state index in [1.165, 1.54) is 12.8 Å². The van der Waals surface area contributed by atoms with E-state index in [9.17, 15) is 5.26 Å². The molecule has 0 aromatic carbocycles. The Hall–Kier alpha value is -1.83. The summed E-state index contributed by atoms with van der Waals surface area (Å²) in [6.07, 6.45) is 7.74. The number of nitriles is 1. The van der Waals surface area contributed by atoms with E-state index in [2.05, 4.69) is 21.6 Å². The third kappa shape index (κ3) is 2.94. The van der Waals surface area contributed by atoms with Crippen molar-refractivity contribution in [3.8, 4) is 6.07 Å². The Kier molecular flexibility index (Phi) is 4.23. The van der Waals surface area contributed by atoms with Crippen molar-refractivity contribution in [2.45, 2.75) is 25.8 Å². The van der Waals surface area contributed by atoms with Crippen LogP contribution >= 0.6 is 0 Å². The number of pyridine rings is 1. The van der Waals surface area contributed by atoms with Crippen LogP contribution in [-0.4, -0.2) is 28.9 Å². The van der Waals surface area contributed by atoms with E-state index < -0.39 is 0 Å². The highest BCUT2D eigenvalue weighted by Crippen LogP contribution is 2.24. The van der Waals surface area contributed by atoms with Crippen LogP contribution in [-0.2, 0) is 6.54 Å². The van der Waals surface area contributed by atoms with E-state index in [4.69, 9.17) is 5.73 Å². The van der Waals surface area contributed by atoms with Gasteiger partial charge in [-0.05, 0) is 50.4 Å². The molecule has 2 aromatic heterocycles. The molecule has 0 bridgehead atoms. The highest BCUT2D eigenvalue weighted by atomic mass is 15.1. The second-order valence-corrected chi connectivity index (χ2v) is 5.96. The summed E-state index contributed by atoms with van der Waals surface area (Å²) in [7, 11) is 0. The first-order valence-corrected chi connectivity index (χ1v) is 7.73. The number of aromatic nitrogens is 1. The molecule has 1 fully saturated rings. The minimum absolute atomic E-state index is 0.714. The van der Waals surface area contributed by atoms with Crippen molar-refractivity contribution in [3.05, 3.63) is 41.7 Å². The predicted octanol–water partition coefficient (Wildman–Crippen LogP) is 2.37.